The van der Waals surface area contributed by atoms with Crippen LogP contribution in [0.3, 0.4) is 0 Å². The minimum atomic E-state index is -0.611. The Morgan fingerprint density at radius 3 is 2.95 bits per heavy atom. The molecule has 5 heteroatoms. The summed E-state index contributed by atoms with van der Waals surface area (Å²) < 4.78 is 0. The van der Waals surface area contributed by atoms with Gasteiger partial charge in [0.05, 0.1) is 6.10 Å². The fraction of sp³-hybridized carbons (Fsp3) is 0.571. The molecule has 1 aromatic carbocycles. The second kappa shape index (κ2) is 7.75. The molecule has 0 amide bonds. The Morgan fingerprint density at radius 1 is 1.37 bits per heavy atom. The van der Waals surface area contributed by atoms with Crippen LogP contribution >= 0.6 is 35.0 Å². The van der Waals surface area contributed by atoms with Crippen molar-refractivity contribution in [1.82, 2.24) is 5.32 Å². The Balaban J connectivity index is 1.80. The molecule has 1 fully saturated rings. The Bertz CT molecular complexity index is 410. The van der Waals surface area contributed by atoms with E-state index >= 15 is 0 Å². The highest BCUT2D eigenvalue weighted by Crippen LogP contribution is 2.27. The predicted octanol–water partition coefficient (Wildman–Crippen LogP) is 3.90. The molecule has 2 atom stereocenters. The van der Waals surface area contributed by atoms with Gasteiger partial charge in [0.1, 0.15) is 0 Å². The van der Waals surface area contributed by atoms with E-state index in [0.717, 1.165) is 6.54 Å². The first-order valence-corrected chi connectivity index (χ1v) is 8.42. The highest BCUT2D eigenvalue weighted by molar-refractivity contribution is 7.99. The van der Waals surface area contributed by atoms with Gasteiger partial charge in [0, 0.05) is 33.9 Å². The predicted molar refractivity (Wildman–Crippen MR) is 84.4 cm³/mol. The first-order chi connectivity index (χ1) is 9.16. The van der Waals surface area contributed by atoms with E-state index in [4.69, 9.17) is 23.2 Å². The van der Waals surface area contributed by atoms with Crippen molar-refractivity contribution < 1.29 is 5.11 Å². The van der Waals surface area contributed by atoms with Crippen LogP contribution in [0.2, 0.25) is 10.0 Å². The zero-order chi connectivity index (χ0) is 13.7. The fourth-order valence-corrected chi connectivity index (χ4v) is 3.93. The lowest BCUT2D eigenvalue weighted by Crippen LogP contribution is -2.30. The van der Waals surface area contributed by atoms with E-state index in [0.29, 0.717) is 27.4 Å². The lowest BCUT2D eigenvalue weighted by Gasteiger charge is -2.22. The molecule has 0 saturated carbocycles. The van der Waals surface area contributed by atoms with Gasteiger partial charge in [-0.3, -0.25) is 0 Å². The van der Waals surface area contributed by atoms with Crippen molar-refractivity contribution in [2.24, 2.45) is 0 Å². The third-order valence-electron chi connectivity index (χ3n) is 3.30. The number of aliphatic hydroxyl groups excluding tert-OH is 1. The molecule has 1 aliphatic heterocycles. The number of hydrogen-bond acceptors (Lipinski definition) is 3. The van der Waals surface area contributed by atoms with E-state index in [9.17, 15) is 5.11 Å². The highest BCUT2D eigenvalue weighted by atomic mass is 35.5. The lowest BCUT2D eigenvalue weighted by atomic mass is 10.1. The van der Waals surface area contributed by atoms with Gasteiger partial charge < -0.3 is 10.4 Å². The van der Waals surface area contributed by atoms with E-state index in [1.54, 1.807) is 18.2 Å². The molecule has 2 nitrogen and oxygen atoms in total. The van der Waals surface area contributed by atoms with Crippen molar-refractivity contribution in [1.29, 1.82) is 0 Å². The van der Waals surface area contributed by atoms with Gasteiger partial charge in [-0.15, -0.1) is 0 Å². The fourth-order valence-electron chi connectivity index (χ4n) is 2.23. The minimum Gasteiger partial charge on any atom is -0.387 e. The van der Waals surface area contributed by atoms with Gasteiger partial charge in [0.15, 0.2) is 0 Å². The third kappa shape index (κ3) is 4.83. The van der Waals surface area contributed by atoms with Crippen LogP contribution in [-0.2, 0) is 0 Å². The van der Waals surface area contributed by atoms with Crippen molar-refractivity contribution in [3.8, 4) is 0 Å². The lowest BCUT2D eigenvalue weighted by molar-refractivity contribution is 0.175. The third-order valence-corrected chi connectivity index (χ3v) is 5.28. The normalized spacial score (nSPS) is 21.3. The molecule has 0 radical (unpaired) electrons. The molecular weight excluding hydrogens is 301 g/mol. The van der Waals surface area contributed by atoms with Crippen LogP contribution in [0, 0.1) is 0 Å². The molecule has 1 saturated heterocycles. The standard InChI is InChI=1S/C14H19Cl2NOS/c15-10-4-5-13(16)12(7-10)14(18)9-17-8-11-3-1-2-6-19-11/h4-5,7,11,14,17-18H,1-3,6,8-9H2. The van der Waals surface area contributed by atoms with E-state index in [1.807, 2.05) is 11.8 Å². The zero-order valence-electron chi connectivity index (χ0n) is 10.7. The number of thioether (sulfide) groups is 1. The van der Waals surface area contributed by atoms with Crippen molar-refractivity contribution in [3.63, 3.8) is 0 Å². The molecule has 2 rings (SSSR count). The summed E-state index contributed by atoms with van der Waals surface area (Å²) in [6.45, 7) is 1.46. The van der Waals surface area contributed by atoms with Gasteiger partial charge >= 0.3 is 0 Å². The van der Waals surface area contributed by atoms with E-state index < -0.39 is 6.10 Å². The summed E-state index contributed by atoms with van der Waals surface area (Å²) >= 11 is 14.0. The molecule has 0 aliphatic carbocycles. The quantitative estimate of drug-likeness (QED) is 0.863. The van der Waals surface area contributed by atoms with E-state index in [2.05, 4.69) is 5.32 Å². The molecule has 0 bridgehead atoms. The minimum absolute atomic E-state index is 0.511. The maximum Gasteiger partial charge on any atom is 0.0929 e. The van der Waals surface area contributed by atoms with E-state index in [1.165, 1.54) is 25.0 Å². The molecule has 1 aliphatic rings. The average molecular weight is 320 g/mol. The van der Waals surface area contributed by atoms with Gasteiger partial charge in [-0.2, -0.15) is 11.8 Å². The molecule has 1 aromatic rings. The molecule has 0 aromatic heterocycles. The summed E-state index contributed by atoms with van der Waals surface area (Å²) in [4.78, 5) is 0. The van der Waals surface area contributed by atoms with Crippen LogP contribution in [0.4, 0.5) is 0 Å². The number of rotatable bonds is 5. The summed E-state index contributed by atoms with van der Waals surface area (Å²) in [6, 6.07) is 5.18. The largest absolute Gasteiger partial charge is 0.387 e. The van der Waals surface area contributed by atoms with Gasteiger partial charge in [0.2, 0.25) is 0 Å². The Hall–Kier alpha value is 0.0700. The maximum absolute atomic E-state index is 10.1. The first-order valence-electron chi connectivity index (χ1n) is 6.62. The zero-order valence-corrected chi connectivity index (χ0v) is 13.1. The van der Waals surface area contributed by atoms with Gasteiger partial charge in [-0.1, -0.05) is 29.6 Å². The second-order valence-electron chi connectivity index (χ2n) is 4.83. The van der Waals surface area contributed by atoms with E-state index in [-0.39, 0.29) is 0 Å². The highest BCUT2D eigenvalue weighted by Gasteiger charge is 2.15. The smallest absolute Gasteiger partial charge is 0.0929 e. The first kappa shape index (κ1) is 15.5. The molecule has 1 heterocycles. The molecular formula is C14H19Cl2NOS. The van der Waals surface area contributed by atoms with Crippen LogP contribution < -0.4 is 5.32 Å². The number of benzene rings is 1. The van der Waals surface area contributed by atoms with Crippen LogP contribution in [0.25, 0.3) is 0 Å². The molecule has 2 N–H and O–H groups in total. The monoisotopic (exact) mass is 319 g/mol. The topological polar surface area (TPSA) is 32.3 Å². The molecule has 0 spiro atoms. The maximum atomic E-state index is 10.1. The summed E-state index contributed by atoms with van der Waals surface area (Å²) in [5.74, 6) is 1.26. The van der Waals surface area contributed by atoms with Gasteiger partial charge in [0.25, 0.3) is 0 Å². The SMILES string of the molecule is OC(CNCC1CCCCS1)c1cc(Cl)ccc1Cl. The number of hydrogen-bond donors (Lipinski definition) is 2. The van der Waals surface area contributed by atoms with Crippen molar-refractivity contribution in [2.45, 2.75) is 30.6 Å². The van der Waals surface area contributed by atoms with Crippen LogP contribution in [0.15, 0.2) is 18.2 Å². The van der Waals surface area contributed by atoms with Crippen LogP contribution in [0.5, 0.6) is 0 Å². The number of aliphatic hydroxyl groups is 1. The number of nitrogens with one attached hydrogen (secondary N) is 1. The van der Waals surface area contributed by atoms with Crippen molar-refractivity contribution in [2.75, 3.05) is 18.8 Å². The Labute approximate surface area is 128 Å². The molecule has 2 unspecified atom stereocenters. The summed E-state index contributed by atoms with van der Waals surface area (Å²) in [5.41, 5.74) is 0.693. The Morgan fingerprint density at radius 2 is 2.21 bits per heavy atom. The summed E-state index contributed by atoms with van der Waals surface area (Å²) in [7, 11) is 0. The molecule has 19 heavy (non-hydrogen) atoms. The van der Waals surface area contributed by atoms with Crippen LogP contribution in [-0.4, -0.2) is 29.2 Å². The van der Waals surface area contributed by atoms with Crippen molar-refractivity contribution >= 4 is 35.0 Å². The average Bonchev–Trinajstić information content (AvgIpc) is 2.42. The summed E-state index contributed by atoms with van der Waals surface area (Å²) in [5, 5.41) is 15.3. The summed E-state index contributed by atoms with van der Waals surface area (Å²) in [6.07, 6.45) is 3.31. The van der Waals surface area contributed by atoms with Crippen LogP contribution in [0.1, 0.15) is 30.9 Å². The van der Waals surface area contributed by atoms with Gasteiger partial charge in [-0.05, 0) is 36.8 Å². The van der Waals surface area contributed by atoms with Gasteiger partial charge in [-0.25, -0.2) is 0 Å². The number of halogens is 2. The second-order valence-corrected chi connectivity index (χ2v) is 7.08. The Kier molecular flexibility index (Phi) is 6.30. The van der Waals surface area contributed by atoms with Crippen molar-refractivity contribution in [3.05, 3.63) is 33.8 Å². The molecule has 106 valence electrons.